The van der Waals surface area contributed by atoms with Crippen LogP contribution in [-0.4, -0.2) is 27.6 Å². The van der Waals surface area contributed by atoms with Crippen molar-refractivity contribution in [3.05, 3.63) is 58.3 Å². The van der Waals surface area contributed by atoms with Gasteiger partial charge in [-0.15, -0.1) is 0 Å². The minimum absolute atomic E-state index is 0.101. The summed E-state index contributed by atoms with van der Waals surface area (Å²) in [6.07, 6.45) is 0.893. The van der Waals surface area contributed by atoms with Crippen molar-refractivity contribution >= 4 is 17.7 Å². The summed E-state index contributed by atoms with van der Waals surface area (Å²) in [7, 11) is 0. The number of thioether (sulfide) groups is 1. The molecule has 2 heterocycles. The van der Waals surface area contributed by atoms with Crippen LogP contribution in [0.15, 0.2) is 35.4 Å². The van der Waals surface area contributed by atoms with Gasteiger partial charge in [-0.05, 0) is 49.9 Å². The maximum absolute atomic E-state index is 12.9. The van der Waals surface area contributed by atoms with Crippen molar-refractivity contribution < 1.29 is 4.79 Å². The highest BCUT2D eigenvalue weighted by Crippen LogP contribution is 2.29. The van der Waals surface area contributed by atoms with Gasteiger partial charge in [0, 0.05) is 18.8 Å². The molecule has 0 N–H and O–H groups in total. The van der Waals surface area contributed by atoms with Gasteiger partial charge in [0.05, 0.1) is 10.8 Å². The van der Waals surface area contributed by atoms with Gasteiger partial charge in [-0.2, -0.15) is 5.26 Å². The standard InChI is InChI=1S/C20H21N3OS/c1-13-10-14(2)22-19(18(13)11-21)25-15(3)20(24)23-9-8-16-6-4-5-7-17(16)12-23/h4-7,10,15H,8-9,12H2,1-3H3/t15-/m0/s1. The van der Waals surface area contributed by atoms with Gasteiger partial charge in [0.2, 0.25) is 5.91 Å². The molecule has 2 aromatic rings. The van der Waals surface area contributed by atoms with Crippen LogP contribution in [0.1, 0.15) is 34.9 Å². The number of benzene rings is 1. The summed E-state index contributed by atoms with van der Waals surface area (Å²) in [5.41, 5.74) is 4.89. The summed E-state index contributed by atoms with van der Waals surface area (Å²) in [6.45, 7) is 7.11. The number of hydrogen-bond donors (Lipinski definition) is 0. The Kier molecular flexibility index (Phi) is 5.10. The van der Waals surface area contributed by atoms with Crippen molar-refractivity contribution in [1.82, 2.24) is 9.88 Å². The molecule has 5 heteroatoms. The zero-order valence-corrected chi connectivity index (χ0v) is 15.6. The predicted octanol–water partition coefficient (Wildman–Crippen LogP) is 3.64. The van der Waals surface area contributed by atoms with Crippen LogP contribution in [0.4, 0.5) is 0 Å². The molecule has 0 radical (unpaired) electrons. The number of amides is 1. The number of hydrogen-bond acceptors (Lipinski definition) is 4. The first kappa shape index (κ1) is 17.5. The summed E-state index contributed by atoms with van der Waals surface area (Å²) in [4.78, 5) is 19.3. The molecule has 128 valence electrons. The highest BCUT2D eigenvalue weighted by molar-refractivity contribution is 8.00. The SMILES string of the molecule is Cc1cc(C)c(C#N)c(S[C@@H](C)C(=O)N2CCc3ccccc3C2)n1. The molecule has 0 unspecified atom stereocenters. The molecule has 1 aliphatic heterocycles. The maximum Gasteiger partial charge on any atom is 0.236 e. The summed E-state index contributed by atoms with van der Waals surface area (Å²) >= 11 is 1.38. The number of nitrogens with zero attached hydrogens (tertiary/aromatic N) is 3. The van der Waals surface area contributed by atoms with Gasteiger partial charge in [-0.3, -0.25) is 4.79 Å². The van der Waals surface area contributed by atoms with E-state index in [0.717, 1.165) is 24.2 Å². The monoisotopic (exact) mass is 351 g/mol. The summed E-state index contributed by atoms with van der Waals surface area (Å²) < 4.78 is 0. The Morgan fingerprint density at radius 2 is 2.04 bits per heavy atom. The van der Waals surface area contributed by atoms with Gasteiger partial charge in [0.15, 0.2) is 0 Å². The quantitative estimate of drug-likeness (QED) is 0.792. The number of rotatable bonds is 3. The topological polar surface area (TPSA) is 57.0 Å². The molecule has 4 nitrogen and oxygen atoms in total. The molecule has 0 saturated carbocycles. The molecule has 1 aliphatic rings. The Morgan fingerprint density at radius 1 is 1.32 bits per heavy atom. The first-order valence-corrected chi connectivity index (χ1v) is 9.28. The molecule has 1 aromatic heterocycles. The fraction of sp³-hybridized carbons (Fsp3) is 0.350. The van der Waals surface area contributed by atoms with Crippen LogP contribution in [0, 0.1) is 25.2 Å². The van der Waals surface area contributed by atoms with Crippen LogP contribution in [0.5, 0.6) is 0 Å². The Bertz CT molecular complexity index is 857. The van der Waals surface area contributed by atoms with Crippen LogP contribution in [0.2, 0.25) is 0 Å². The van der Waals surface area contributed by atoms with E-state index in [1.807, 2.05) is 43.9 Å². The largest absolute Gasteiger partial charge is 0.337 e. The average molecular weight is 351 g/mol. The first-order chi connectivity index (χ1) is 12.0. The Labute approximate surface area is 152 Å². The van der Waals surface area contributed by atoms with Gasteiger partial charge in [-0.25, -0.2) is 4.98 Å². The lowest BCUT2D eigenvalue weighted by molar-refractivity contribution is -0.131. The summed E-state index contributed by atoms with van der Waals surface area (Å²) in [5, 5.41) is 9.78. The zero-order valence-electron chi connectivity index (χ0n) is 14.7. The van der Waals surface area contributed by atoms with Crippen molar-refractivity contribution in [3.8, 4) is 6.07 Å². The van der Waals surface area contributed by atoms with E-state index in [0.29, 0.717) is 17.1 Å². The third-order valence-corrected chi connectivity index (χ3v) is 5.58. The van der Waals surface area contributed by atoms with E-state index >= 15 is 0 Å². The Hall–Kier alpha value is -2.32. The molecule has 1 aromatic carbocycles. The number of fused-ring (bicyclic) bond motifs is 1. The van der Waals surface area contributed by atoms with Crippen molar-refractivity contribution in [2.45, 2.75) is 44.0 Å². The van der Waals surface area contributed by atoms with E-state index in [-0.39, 0.29) is 11.2 Å². The molecule has 0 aliphatic carbocycles. The second kappa shape index (κ2) is 7.28. The number of carbonyl (C=O) groups is 1. The number of carbonyl (C=O) groups excluding carboxylic acids is 1. The molecule has 0 bridgehead atoms. The highest BCUT2D eigenvalue weighted by atomic mass is 32.2. The fourth-order valence-electron chi connectivity index (χ4n) is 3.18. The lowest BCUT2D eigenvalue weighted by atomic mass is 10.00. The lowest BCUT2D eigenvalue weighted by Crippen LogP contribution is -2.40. The number of nitriles is 1. The Morgan fingerprint density at radius 3 is 2.76 bits per heavy atom. The van der Waals surface area contributed by atoms with Crippen LogP contribution >= 0.6 is 11.8 Å². The zero-order chi connectivity index (χ0) is 18.0. The van der Waals surface area contributed by atoms with Crippen molar-refractivity contribution in [1.29, 1.82) is 5.26 Å². The molecule has 1 amide bonds. The van der Waals surface area contributed by atoms with Gasteiger partial charge in [0.25, 0.3) is 0 Å². The van der Waals surface area contributed by atoms with Gasteiger partial charge >= 0.3 is 0 Å². The molecule has 25 heavy (non-hydrogen) atoms. The fourth-order valence-corrected chi connectivity index (χ4v) is 4.29. The van der Waals surface area contributed by atoms with E-state index in [9.17, 15) is 10.1 Å². The van der Waals surface area contributed by atoms with Crippen molar-refractivity contribution in [2.75, 3.05) is 6.54 Å². The van der Waals surface area contributed by atoms with E-state index in [4.69, 9.17) is 0 Å². The third kappa shape index (κ3) is 3.69. The minimum Gasteiger partial charge on any atom is -0.337 e. The van der Waals surface area contributed by atoms with Crippen molar-refractivity contribution in [2.24, 2.45) is 0 Å². The lowest BCUT2D eigenvalue weighted by Gasteiger charge is -2.30. The molecule has 0 spiro atoms. The summed E-state index contributed by atoms with van der Waals surface area (Å²) in [6, 6.07) is 12.4. The molecular formula is C20H21N3OS. The highest BCUT2D eigenvalue weighted by Gasteiger charge is 2.26. The van der Waals surface area contributed by atoms with Gasteiger partial charge < -0.3 is 4.90 Å². The van der Waals surface area contributed by atoms with Gasteiger partial charge in [-0.1, -0.05) is 36.0 Å². The van der Waals surface area contributed by atoms with Crippen LogP contribution in [0.3, 0.4) is 0 Å². The average Bonchev–Trinajstić information content (AvgIpc) is 2.60. The third-order valence-electron chi connectivity index (χ3n) is 4.50. The molecule has 3 rings (SSSR count). The first-order valence-electron chi connectivity index (χ1n) is 8.40. The van der Waals surface area contributed by atoms with E-state index in [1.165, 1.54) is 22.9 Å². The van der Waals surface area contributed by atoms with E-state index < -0.39 is 0 Å². The molecule has 0 fully saturated rings. The van der Waals surface area contributed by atoms with Crippen molar-refractivity contribution in [3.63, 3.8) is 0 Å². The Balaban J connectivity index is 1.75. The predicted molar refractivity (Wildman–Crippen MR) is 99.3 cm³/mol. The number of pyridine rings is 1. The summed E-state index contributed by atoms with van der Waals surface area (Å²) in [5.74, 6) is 0.101. The van der Waals surface area contributed by atoms with Crippen LogP contribution in [-0.2, 0) is 17.8 Å². The van der Waals surface area contributed by atoms with E-state index in [1.54, 1.807) is 0 Å². The van der Waals surface area contributed by atoms with Crippen LogP contribution < -0.4 is 0 Å². The molecule has 0 saturated heterocycles. The normalized spacial score (nSPS) is 14.6. The maximum atomic E-state index is 12.9. The van der Waals surface area contributed by atoms with E-state index in [2.05, 4.69) is 23.2 Å². The second-order valence-corrected chi connectivity index (χ2v) is 7.74. The van der Waals surface area contributed by atoms with Gasteiger partial charge in [0.1, 0.15) is 11.1 Å². The van der Waals surface area contributed by atoms with Crippen LogP contribution in [0.25, 0.3) is 0 Å². The second-order valence-electron chi connectivity index (χ2n) is 6.41. The molecular weight excluding hydrogens is 330 g/mol. The smallest absolute Gasteiger partial charge is 0.236 e. The number of aryl methyl sites for hydroxylation is 2. The number of aromatic nitrogens is 1. The minimum atomic E-state index is -0.272. The molecule has 1 atom stereocenters.